The van der Waals surface area contributed by atoms with Gasteiger partial charge in [0.2, 0.25) is 0 Å². The van der Waals surface area contributed by atoms with Gasteiger partial charge in [0.15, 0.2) is 0 Å². The molecule has 0 aliphatic carbocycles. The fraction of sp³-hybridized carbons (Fsp3) is 0.571. The van der Waals surface area contributed by atoms with Gasteiger partial charge in [0.25, 0.3) is 0 Å². The molecule has 0 radical (unpaired) electrons. The summed E-state index contributed by atoms with van der Waals surface area (Å²) in [5.41, 5.74) is -1.39. The Morgan fingerprint density at radius 2 is 1.89 bits per heavy atom. The van der Waals surface area contributed by atoms with E-state index in [1.165, 1.54) is 18.2 Å². The molecule has 0 amide bonds. The first-order chi connectivity index (χ1) is 8.36. The van der Waals surface area contributed by atoms with E-state index >= 15 is 0 Å². The number of aliphatic hydroxyl groups is 1. The number of thioether (sulfide) groups is 1. The van der Waals surface area contributed by atoms with Crippen LogP contribution >= 0.6 is 11.8 Å². The first-order valence-electron chi connectivity index (χ1n) is 6.09. The quantitative estimate of drug-likeness (QED) is 0.890. The summed E-state index contributed by atoms with van der Waals surface area (Å²) in [6.45, 7) is 3.93. The fourth-order valence-electron chi connectivity index (χ4n) is 2.28. The van der Waals surface area contributed by atoms with Crippen LogP contribution in [0, 0.1) is 17.0 Å². The minimum Gasteiger partial charge on any atom is -0.388 e. The van der Waals surface area contributed by atoms with Crippen molar-refractivity contribution in [1.82, 2.24) is 0 Å². The largest absolute Gasteiger partial charge is 0.388 e. The predicted molar refractivity (Wildman–Crippen MR) is 70.7 cm³/mol. The molecular formula is C14H18F2OS. The molecule has 1 heterocycles. The van der Waals surface area contributed by atoms with E-state index in [4.69, 9.17) is 0 Å². The second kappa shape index (κ2) is 4.82. The maximum Gasteiger partial charge on any atom is 0.129 e. The second-order valence-corrected chi connectivity index (χ2v) is 6.70. The monoisotopic (exact) mass is 272 g/mol. The van der Waals surface area contributed by atoms with Crippen LogP contribution in [0.5, 0.6) is 0 Å². The van der Waals surface area contributed by atoms with Gasteiger partial charge in [0.1, 0.15) is 11.6 Å². The maximum atomic E-state index is 13.7. The number of rotatable bonds is 2. The van der Waals surface area contributed by atoms with Crippen LogP contribution in [0.2, 0.25) is 0 Å². The smallest absolute Gasteiger partial charge is 0.129 e. The highest BCUT2D eigenvalue weighted by atomic mass is 32.2. The Morgan fingerprint density at radius 1 is 1.28 bits per heavy atom. The molecule has 0 bridgehead atoms. The van der Waals surface area contributed by atoms with Crippen molar-refractivity contribution in [2.45, 2.75) is 32.3 Å². The van der Waals surface area contributed by atoms with Gasteiger partial charge in [-0.05, 0) is 29.7 Å². The molecule has 1 N–H and O–H groups in total. The maximum absolute atomic E-state index is 13.7. The van der Waals surface area contributed by atoms with Crippen molar-refractivity contribution in [1.29, 1.82) is 0 Å². The van der Waals surface area contributed by atoms with Crippen molar-refractivity contribution in [2.75, 3.05) is 11.5 Å². The van der Waals surface area contributed by atoms with E-state index in [0.29, 0.717) is 5.75 Å². The summed E-state index contributed by atoms with van der Waals surface area (Å²) >= 11 is 1.64. The molecule has 1 fully saturated rings. The molecule has 2 rings (SSSR count). The number of benzene rings is 1. The Hall–Kier alpha value is -0.610. The first-order valence-corrected chi connectivity index (χ1v) is 7.24. The highest BCUT2D eigenvalue weighted by Gasteiger charge is 2.46. The van der Waals surface area contributed by atoms with E-state index in [2.05, 4.69) is 0 Å². The third-order valence-corrected chi connectivity index (χ3v) is 5.18. The molecule has 1 nitrogen and oxygen atoms in total. The minimum absolute atomic E-state index is 0.00410. The summed E-state index contributed by atoms with van der Waals surface area (Å²) in [6, 6.07) is 3.83. The Balaban J connectivity index is 2.32. The Bertz CT molecular complexity index is 427. The summed E-state index contributed by atoms with van der Waals surface area (Å²) in [7, 11) is 0. The lowest BCUT2D eigenvalue weighted by atomic mass is 9.70. The third kappa shape index (κ3) is 2.41. The lowest BCUT2D eigenvalue weighted by molar-refractivity contribution is -0.0523. The van der Waals surface area contributed by atoms with Crippen molar-refractivity contribution in [2.24, 2.45) is 5.41 Å². The SMILES string of the molecule is CC1(C)CCSCC1(O)Cc1c(F)cccc1F. The molecule has 4 heteroatoms. The van der Waals surface area contributed by atoms with Gasteiger partial charge in [-0.1, -0.05) is 19.9 Å². The van der Waals surface area contributed by atoms with Crippen molar-refractivity contribution in [3.63, 3.8) is 0 Å². The summed E-state index contributed by atoms with van der Waals surface area (Å²) in [6.07, 6.45) is 0.885. The van der Waals surface area contributed by atoms with E-state index < -0.39 is 17.2 Å². The van der Waals surface area contributed by atoms with Gasteiger partial charge in [0, 0.05) is 17.7 Å². The summed E-state index contributed by atoms with van der Waals surface area (Å²) < 4.78 is 27.3. The van der Waals surface area contributed by atoms with Gasteiger partial charge in [-0.2, -0.15) is 11.8 Å². The van der Waals surface area contributed by atoms with Gasteiger partial charge in [-0.3, -0.25) is 0 Å². The van der Waals surface area contributed by atoms with Gasteiger partial charge >= 0.3 is 0 Å². The zero-order valence-electron chi connectivity index (χ0n) is 10.7. The van der Waals surface area contributed by atoms with Crippen LogP contribution in [-0.4, -0.2) is 22.2 Å². The Kier molecular flexibility index (Phi) is 3.70. The van der Waals surface area contributed by atoms with Gasteiger partial charge in [-0.25, -0.2) is 8.78 Å². The normalized spacial score (nSPS) is 27.2. The standard InChI is InChI=1S/C14H18F2OS/c1-13(2)6-7-18-9-14(13,17)8-10-11(15)4-3-5-12(10)16/h3-5,17H,6-9H2,1-2H3. The molecule has 1 aliphatic rings. The van der Waals surface area contributed by atoms with E-state index in [0.717, 1.165) is 12.2 Å². The zero-order valence-corrected chi connectivity index (χ0v) is 11.5. The molecule has 0 saturated carbocycles. The average Bonchev–Trinajstić information content (AvgIpc) is 2.28. The summed E-state index contributed by atoms with van der Waals surface area (Å²) in [5, 5.41) is 10.7. The molecule has 1 aromatic rings. The van der Waals surface area contributed by atoms with E-state index in [1.54, 1.807) is 11.8 Å². The molecule has 1 saturated heterocycles. The van der Waals surface area contributed by atoms with E-state index in [9.17, 15) is 13.9 Å². The zero-order chi connectivity index (χ0) is 13.4. The first kappa shape index (κ1) is 13.8. The topological polar surface area (TPSA) is 20.2 Å². The highest BCUT2D eigenvalue weighted by Crippen LogP contribution is 2.44. The van der Waals surface area contributed by atoms with Crippen molar-refractivity contribution in [3.05, 3.63) is 35.4 Å². The van der Waals surface area contributed by atoms with Crippen molar-refractivity contribution < 1.29 is 13.9 Å². The van der Waals surface area contributed by atoms with Crippen LogP contribution in [-0.2, 0) is 6.42 Å². The highest BCUT2D eigenvalue weighted by molar-refractivity contribution is 7.99. The molecule has 0 aromatic heterocycles. The van der Waals surface area contributed by atoms with Gasteiger partial charge in [-0.15, -0.1) is 0 Å². The Morgan fingerprint density at radius 3 is 2.44 bits per heavy atom. The van der Waals surface area contributed by atoms with Crippen LogP contribution in [0.15, 0.2) is 18.2 Å². The lowest BCUT2D eigenvalue weighted by Crippen LogP contribution is -2.51. The minimum atomic E-state index is -1.06. The van der Waals surface area contributed by atoms with Crippen LogP contribution in [0.1, 0.15) is 25.8 Å². The summed E-state index contributed by atoms with van der Waals surface area (Å²) in [5.74, 6) is 0.354. The molecule has 1 atom stereocenters. The predicted octanol–water partition coefficient (Wildman–Crippen LogP) is 3.40. The van der Waals surface area contributed by atoms with Gasteiger partial charge in [0.05, 0.1) is 5.60 Å². The molecule has 1 aromatic carbocycles. The van der Waals surface area contributed by atoms with Crippen LogP contribution in [0.3, 0.4) is 0 Å². The van der Waals surface area contributed by atoms with E-state index in [1.807, 2.05) is 13.8 Å². The fourth-order valence-corrected chi connectivity index (χ4v) is 3.91. The van der Waals surface area contributed by atoms with Crippen LogP contribution in [0.25, 0.3) is 0 Å². The molecule has 0 spiro atoms. The van der Waals surface area contributed by atoms with Gasteiger partial charge < -0.3 is 5.11 Å². The average molecular weight is 272 g/mol. The molecule has 1 aliphatic heterocycles. The van der Waals surface area contributed by atoms with Crippen molar-refractivity contribution >= 4 is 11.8 Å². The van der Waals surface area contributed by atoms with Crippen molar-refractivity contribution in [3.8, 4) is 0 Å². The third-order valence-electron chi connectivity index (χ3n) is 4.00. The Labute approximate surface area is 111 Å². The number of hydrogen-bond donors (Lipinski definition) is 1. The summed E-state index contributed by atoms with van der Waals surface area (Å²) in [4.78, 5) is 0. The molecule has 100 valence electrons. The number of halogens is 2. The van der Waals surface area contributed by atoms with E-state index in [-0.39, 0.29) is 17.4 Å². The molecular weight excluding hydrogens is 254 g/mol. The molecule has 18 heavy (non-hydrogen) atoms. The van der Waals surface area contributed by atoms with Crippen LogP contribution < -0.4 is 0 Å². The number of hydrogen-bond acceptors (Lipinski definition) is 2. The molecule has 1 unspecified atom stereocenters. The van der Waals surface area contributed by atoms with Crippen LogP contribution in [0.4, 0.5) is 8.78 Å². The lowest BCUT2D eigenvalue weighted by Gasteiger charge is -2.46. The second-order valence-electron chi connectivity index (χ2n) is 5.60.